The average molecular weight is 245 g/mol. The monoisotopic (exact) mass is 244 g/mol. The fourth-order valence-corrected chi connectivity index (χ4v) is 1.09. The maximum Gasteiger partial charge on any atom is 0.326 e. The van der Waals surface area contributed by atoms with Crippen LogP contribution >= 0.6 is 11.6 Å². The number of benzene rings is 1. The Kier molecular flexibility index (Phi) is 4.07. The number of urea groups is 1. The Morgan fingerprint density at radius 2 is 2.19 bits per heavy atom. The number of rotatable bonds is 1. The van der Waals surface area contributed by atoms with Crippen molar-refractivity contribution >= 4 is 29.3 Å². The molecule has 0 heterocycles. The van der Waals surface area contributed by atoms with Gasteiger partial charge in [0.25, 0.3) is 0 Å². The highest BCUT2D eigenvalue weighted by Gasteiger charge is 2.08. The molecule has 0 atom stereocenters. The Balaban J connectivity index is 2.69. The SMILES string of the molecule is CNC(=N)NC(=O)Nc1cc(Cl)ccc1F. The van der Waals surface area contributed by atoms with Crippen molar-refractivity contribution in [3.63, 3.8) is 0 Å². The van der Waals surface area contributed by atoms with Crippen molar-refractivity contribution in [1.82, 2.24) is 10.6 Å². The number of anilines is 1. The normalized spacial score (nSPS) is 9.44. The van der Waals surface area contributed by atoms with Crippen molar-refractivity contribution in [1.29, 1.82) is 5.41 Å². The van der Waals surface area contributed by atoms with Crippen LogP contribution in [0.4, 0.5) is 14.9 Å². The molecular formula is C9H10ClFN4O. The van der Waals surface area contributed by atoms with E-state index < -0.39 is 11.8 Å². The number of halogens is 2. The Morgan fingerprint density at radius 3 is 2.81 bits per heavy atom. The Labute approximate surface area is 96.5 Å². The predicted molar refractivity (Wildman–Crippen MR) is 60.4 cm³/mol. The molecule has 86 valence electrons. The Bertz CT molecular complexity index is 424. The van der Waals surface area contributed by atoms with Gasteiger partial charge in [-0.15, -0.1) is 0 Å². The van der Waals surface area contributed by atoms with Gasteiger partial charge < -0.3 is 10.6 Å². The van der Waals surface area contributed by atoms with Gasteiger partial charge in [-0.3, -0.25) is 10.7 Å². The maximum absolute atomic E-state index is 13.2. The number of hydrogen-bond acceptors (Lipinski definition) is 2. The molecule has 0 unspecified atom stereocenters. The van der Waals surface area contributed by atoms with Gasteiger partial charge in [0.15, 0.2) is 5.96 Å². The Morgan fingerprint density at radius 1 is 1.50 bits per heavy atom. The van der Waals surface area contributed by atoms with Crippen LogP contribution in [0.15, 0.2) is 18.2 Å². The van der Waals surface area contributed by atoms with E-state index in [-0.39, 0.29) is 11.6 Å². The first-order valence-electron chi connectivity index (χ1n) is 4.32. The van der Waals surface area contributed by atoms with Gasteiger partial charge in [0.05, 0.1) is 5.69 Å². The van der Waals surface area contributed by atoms with Crippen molar-refractivity contribution in [3.05, 3.63) is 29.0 Å². The van der Waals surface area contributed by atoms with Crippen molar-refractivity contribution in [2.45, 2.75) is 0 Å². The summed E-state index contributed by atoms with van der Waals surface area (Å²) in [5.41, 5.74) is -0.0473. The molecule has 7 heteroatoms. The molecule has 2 amide bonds. The maximum atomic E-state index is 13.2. The molecule has 5 nitrogen and oxygen atoms in total. The molecule has 4 N–H and O–H groups in total. The van der Waals surface area contributed by atoms with E-state index in [1.807, 2.05) is 0 Å². The van der Waals surface area contributed by atoms with Crippen LogP contribution in [0.5, 0.6) is 0 Å². The van der Waals surface area contributed by atoms with Gasteiger partial charge in [0, 0.05) is 12.1 Å². The molecule has 1 aromatic rings. The second-order valence-electron chi connectivity index (χ2n) is 2.83. The number of carbonyl (C=O) groups excluding carboxylic acids is 1. The highest BCUT2D eigenvalue weighted by Crippen LogP contribution is 2.19. The lowest BCUT2D eigenvalue weighted by Crippen LogP contribution is -2.40. The predicted octanol–water partition coefficient (Wildman–Crippen LogP) is 1.75. The van der Waals surface area contributed by atoms with Crippen LogP contribution < -0.4 is 16.0 Å². The standard InChI is InChI=1S/C9H10ClFN4O/c1-13-8(12)15-9(16)14-7-4-5(10)2-3-6(7)11/h2-4H,1H3,(H4,12,13,14,15,16). The molecular weight excluding hydrogens is 235 g/mol. The zero-order valence-electron chi connectivity index (χ0n) is 8.40. The summed E-state index contributed by atoms with van der Waals surface area (Å²) in [7, 11) is 1.47. The molecule has 0 saturated carbocycles. The smallest absolute Gasteiger partial charge is 0.326 e. The summed E-state index contributed by atoms with van der Waals surface area (Å²) in [4.78, 5) is 11.2. The van der Waals surface area contributed by atoms with Gasteiger partial charge in [0.2, 0.25) is 0 Å². The largest absolute Gasteiger partial charge is 0.359 e. The average Bonchev–Trinajstić information content (AvgIpc) is 2.23. The van der Waals surface area contributed by atoms with Gasteiger partial charge in [-0.1, -0.05) is 11.6 Å². The third-order valence-corrected chi connectivity index (χ3v) is 1.90. The summed E-state index contributed by atoms with van der Waals surface area (Å²) in [6.45, 7) is 0. The van der Waals surface area contributed by atoms with Crippen LogP contribution in [0, 0.1) is 11.2 Å². The fraction of sp³-hybridized carbons (Fsp3) is 0.111. The topological polar surface area (TPSA) is 77.0 Å². The summed E-state index contributed by atoms with van der Waals surface area (Å²) in [5, 5.41) is 14.2. The van der Waals surface area contributed by atoms with Crippen molar-refractivity contribution < 1.29 is 9.18 Å². The fourth-order valence-electron chi connectivity index (χ4n) is 0.923. The van der Waals surface area contributed by atoms with Crippen molar-refractivity contribution in [3.8, 4) is 0 Å². The summed E-state index contributed by atoms with van der Waals surface area (Å²) >= 11 is 5.64. The molecule has 0 bridgehead atoms. The van der Waals surface area contributed by atoms with E-state index >= 15 is 0 Å². The first-order chi connectivity index (χ1) is 7.52. The van der Waals surface area contributed by atoms with Crippen LogP contribution in [0.3, 0.4) is 0 Å². The third kappa shape index (κ3) is 3.39. The first kappa shape index (κ1) is 12.3. The lowest BCUT2D eigenvalue weighted by molar-refractivity contribution is 0.255. The number of amides is 2. The highest BCUT2D eigenvalue weighted by atomic mass is 35.5. The van der Waals surface area contributed by atoms with Gasteiger partial charge in [-0.2, -0.15) is 0 Å². The molecule has 0 aromatic heterocycles. The van der Waals surface area contributed by atoms with E-state index in [4.69, 9.17) is 17.0 Å². The minimum Gasteiger partial charge on any atom is -0.359 e. The quantitative estimate of drug-likeness (QED) is 0.449. The molecule has 0 aliphatic carbocycles. The van der Waals surface area contributed by atoms with Gasteiger partial charge in [-0.05, 0) is 18.2 Å². The second kappa shape index (κ2) is 5.32. The van der Waals surface area contributed by atoms with Crippen LogP contribution in [0.2, 0.25) is 5.02 Å². The van der Waals surface area contributed by atoms with E-state index in [1.54, 1.807) is 0 Å². The molecule has 0 aliphatic rings. The zero-order chi connectivity index (χ0) is 12.1. The second-order valence-corrected chi connectivity index (χ2v) is 3.26. The summed E-state index contributed by atoms with van der Waals surface area (Å²) in [6, 6.07) is 3.07. The van der Waals surface area contributed by atoms with E-state index in [1.165, 1.54) is 19.2 Å². The molecule has 1 aromatic carbocycles. The molecule has 1 rings (SSSR count). The first-order valence-corrected chi connectivity index (χ1v) is 4.70. The van der Waals surface area contributed by atoms with Crippen LogP contribution in [0.1, 0.15) is 0 Å². The molecule has 0 radical (unpaired) electrons. The molecule has 16 heavy (non-hydrogen) atoms. The summed E-state index contributed by atoms with van der Waals surface area (Å²) < 4.78 is 13.2. The van der Waals surface area contributed by atoms with Gasteiger partial charge >= 0.3 is 6.03 Å². The van der Waals surface area contributed by atoms with E-state index in [2.05, 4.69) is 16.0 Å². The van der Waals surface area contributed by atoms with Crippen LogP contribution in [-0.2, 0) is 0 Å². The lowest BCUT2D eigenvalue weighted by Gasteiger charge is -2.08. The molecule has 0 spiro atoms. The summed E-state index contributed by atoms with van der Waals surface area (Å²) in [5.74, 6) is -0.796. The number of nitrogens with one attached hydrogen (secondary N) is 4. The summed E-state index contributed by atoms with van der Waals surface area (Å²) in [6.07, 6.45) is 0. The van der Waals surface area contributed by atoms with Crippen molar-refractivity contribution in [2.75, 3.05) is 12.4 Å². The lowest BCUT2D eigenvalue weighted by atomic mass is 10.3. The number of hydrogen-bond donors (Lipinski definition) is 4. The number of carbonyl (C=O) groups is 1. The molecule has 0 saturated heterocycles. The number of guanidine groups is 1. The molecule has 0 fully saturated rings. The molecule has 0 aliphatic heterocycles. The van der Waals surface area contributed by atoms with Crippen LogP contribution in [0.25, 0.3) is 0 Å². The van der Waals surface area contributed by atoms with Gasteiger partial charge in [-0.25, -0.2) is 9.18 Å². The Hall–Kier alpha value is -1.82. The van der Waals surface area contributed by atoms with E-state index in [0.29, 0.717) is 5.02 Å². The van der Waals surface area contributed by atoms with E-state index in [9.17, 15) is 9.18 Å². The van der Waals surface area contributed by atoms with Crippen molar-refractivity contribution in [2.24, 2.45) is 0 Å². The van der Waals surface area contributed by atoms with E-state index in [0.717, 1.165) is 6.07 Å². The minimum absolute atomic E-state index is 0.0473. The highest BCUT2D eigenvalue weighted by molar-refractivity contribution is 6.30. The zero-order valence-corrected chi connectivity index (χ0v) is 9.15. The minimum atomic E-state index is -0.722. The third-order valence-electron chi connectivity index (χ3n) is 1.67. The van der Waals surface area contributed by atoms with Gasteiger partial charge in [0.1, 0.15) is 5.82 Å². The van der Waals surface area contributed by atoms with Crippen LogP contribution in [-0.4, -0.2) is 19.0 Å².